The molecule has 3 amide bonds. The number of rotatable bonds is 8. The van der Waals surface area contributed by atoms with E-state index in [-0.39, 0.29) is 23.6 Å². The van der Waals surface area contributed by atoms with Crippen LogP contribution in [-0.2, 0) is 33.8 Å². The quantitative estimate of drug-likeness (QED) is 0.228. The SMILES string of the molecule is Cc1c(N2CCc3cnc(Nc4cccc(CC(=O)N5CCN(C6CN(c7ccc(C8CCC(=O)NC8=O)cc7)C6)CC5)c4)nc3C2)cnc2c1NCCO2. The third-order valence-electron chi connectivity index (χ3n) is 11.7. The molecule has 5 aliphatic heterocycles. The fourth-order valence-electron chi connectivity index (χ4n) is 8.44. The van der Waals surface area contributed by atoms with Crippen molar-refractivity contribution in [1.82, 2.24) is 30.1 Å². The summed E-state index contributed by atoms with van der Waals surface area (Å²) in [6.07, 6.45) is 5.96. The molecule has 2 aromatic carbocycles. The van der Waals surface area contributed by atoms with Crippen molar-refractivity contribution in [2.24, 2.45) is 0 Å². The molecule has 14 heteroatoms. The molecule has 0 aliphatic carbocycles. The molecule has 0 spiro atoms. The first-order chi connectivity index (χ1) is 26.8. The van der Waals surface area contributed by atoms with Crippen LogP contribution in [0.15, 0.2) is 60.9 Å². The van der Waals surface area contributed by atoms with Crippen molar-refractivity contribution >= 4 is 46.4 Å². The van der Waals surface area contributed by atoms with Crippen molar-refractivity contribution in [1.29, 1.82) is 0 Å². The second-order valence-corrected chi connectivity index (χ2v) is 15.1. The Morgan fingerprint density at radius 3 is 2.62 bits per heavy atom. The Labute approximate surface area is 320 Å². The molecule has 3 fully saturated rings. The second kappa shape index (κ2) is 14.8. The molecule has 284 valence electrons. The Balaban J connectivity index is 0.752. The first-order valence-corrected chi connectivity index (χ1v) is 19.4. The van der Waals surface area contributed by atoms with Crippen LogP contribution in [-0.4, -0.2) is 107 Å². The number of carbonyl (C=O) groups is 3. The van der Waals surface area contributed by atoms with Gasteiger partial charge in [0.05, 0.1) is 36.5 Å². The number of pyridine rings is 1. The highest BCUT2D eigenvalue weighted by Crippen LogP contribution is 2.36. The van der Waals surface area contributed by atoms with Crippen LogP contribution in [0.1, 0.15) is 46.7 Å². The molecule has 0 saturated carbocycles. The van der Waals surface area contributed by atoms with E-state index in [0.717, 1.165) is 109 Å². The van der Waals surface area contributed by atoms with Gasteiger partial charge in [-0.05, 0) is 60.7 Å². The van der Waals surface area contributed by atoms with Gasteiger partial charge in [-0.15, -0.1) is 0 Å². The van der Waals surface area contributed by atoms with E-state index in [4.69, 9.17) is 9.72 Å². The summed E-state index contributed by atoms with van der Waals surface area (Å²) in [6.45, 7) is 10.1. The van der Waals surface area contributed by atoms with Gasteiger partial charge in [0.25, 0.3) is 0 Å². The average Bonchev–Trinajstić information content (AvgIpc) is 3.18. The number of nitrogens with zero attached hydrogens (tertiary/aromatic N) is 7. The van der Waals surface area contributed by atoms with Crippen LogP contribution >= 0.6 is 0 Å². The Kier molecular flexibility index (Phi) is 9.42. The van der Waals surface area contributed by atoms with Gasteiger partial charge < -0.3 is 30.1 Å². The molecule has 4 aromatic rings. The predicted molar refractivity (Wildman–Crippen MR) is 209 cm³/mol. The lowest BCUT2D eigenvalue weighted by Crippen LogP contribution is -2.63. The Bertz CT molecular complexity index is 2110. The lowest BCUT2D eigenvalue weighted by Gasteiger charge is -2.49. The Morgan fingerprint density at radius 1 is 0.964 bits per heavy atom. The first kappa shape index (κ1) is 35.0. The molecule has 9 rings (SSSR count). The molecule has 1 atom stereocenters. The minimum absolute atomic E-state index is 0.141. The smallest absolute Gasteiger partial charge is 0.237 e. The minimum Gasteiger partial charge on any atom is -0.474 e. The molecule has 0 radical (unpaired) electrons. The number of nitrogens with one attached hydrogen (secondary N) is 3. The Morgan fingerprint density at radius 2 is 1.80 bits per heavy atom. The maximum atomic E-state index is 13.4. The first-order valence-electron chi connectivity index (χ1n) is 19.4. The van der Waals surface area contributed by atoms with Crippen molar-refractivity contribution in [3.8, 4) is 5.88 Å². The summed E-state index contributed by atoms with van der Waals surface area (Å²) in [5.41, 5.74) is 9.22. The number of benzene rings is 2. The molecule has 2 aromatic heterocycles. The fraction of sp³-hybridized carbons (Fsp3) is 0.415. The van der Waals surface area contributed by atoms with Crippen molar-refractivity contribution in [3.05, 3.63) is 88.9 Å². The molecule has 3 N–H and O–H groups in total. The van der Waals surface area contributed by atoms with Gasteiger partial charge in [0.2, 0.25) is 29.5 Å². The number of hydrogen-bond acceptors (Lipinski definition) is 12. The number of piperazine rings is 1. The number of piperidine rings is 1. The van der Waals surface area contributed by atoms with E-state index >= 15 is 0 Å². The van der Waals surface area contributed by atoms with Gasteiger partial charge in [0.1, 0.15) is 12.3 Å². The number of fused-ring (bicyclic) bond motifs is 2. The number of anilines is 5. The number of ether oxygens (including phenoxy) is 1. The highest BCUT2D eigenvalue weighted by Gasteiger charge is 2.35. The highest BCUT2D eigenvalue weighted by atomic mass is 16.5. The molecule has 0 bridgehead atoms. The van der Waals surface area contributed by atoms with Gasteiger partial charge in [0, 0.05) is 88.0 Å². The van der Waals surface area contributed by atoms with Crippen LogP contribution in [0.3, 0.4) is 0 Å². The zero-order valence-electron chi connectivity index (χ0n) is 31.1. The Hall–Kier alpha value is -5.76. The van der Waals surface area contributed by atoms with Crippen LogP contribution < -0.4 is 30.5 Å². The van der Waals surface area contributed by atoms with E-state index in [0.29, 0.717) is 50.3 Å². The summed E-state index contributed by atoms with van der Waals surface area (Å²) < 4.78 is 5.73. The number of amides is 3. The van der Waals surface area contributed by atoms with E-state index in [1.165, 1.54) is 0 Å². The topological polar surface area (TPSA) is 148 Å². The summed E-state index contributed by atoms with van der Waals surface area (Å²) >= 11 is 0. The summed E-state index contributed by atoms with van der Waals surface area (Å²) in [7, 11) is 0. The number of imide groups is 1. The van der Waals surface area contributed by atoms with Crippen molar-refractivity contribution < 1.29 is 19.1 Å². The number of hydrogen-bond donors (Lipinski definition) is 3. The summed E-state index contributed by atoms with van der Waals surface area (Å²) in [5, 5.41) is 9.27. The molecule has 7 heterocycles. The highest BCUT2D eigenvalue weighted by molar-refractivity contribution is 6.01. The van der Waals surface area contributed by atoms with Gasteiger partial charge in [-0.2, -0.15) is 0 Å². The van der Waals surface area contributed by atoms with Crippen molar-refractivity contribution in [3.63, 3.8) is 0 Å². The maximum Gasteiger partial charge on any atom is 0.237 e. The molecule has 3 saturated heterocycles. The van der Waals surface area contributed by atoms with E-state index in [1.807, 2.05) is 53.7 Å². The van der Waals surface area contributed by atoms with E-state index < -0.39 is 0 Å². The van der Waals surface area contributed by atoms with Crippen LogP contribution in [0.25, 0.3) is 0 Å². The number of carbonyl (C=O) groups excluding carboxylic acids is 3. The molecular weight excluding hydrogens is 697 g/mol. The van der Waals surface area contributed by atoms with E-state index in [1.54, 1.807) is 0 Å². The molecular formula is C41H46N10O4. The lowest BCUT2D eigenvalue weighted by atomic mass is 9.90. The second-order valence-electron chi connectivity index (χ2n) is 15.1. The summed E-state index contributed by atoms with van der Waals surface area (Å²) in [6, 6.07) is 16.6. The van der Waals surface area contributed by atoms with E-state index in [2.05, 4.69) is 59.7 Å². The van der Waals surface area contributed by atoms with Gasteiger partial charge >= 0.3 is 0 Å². The van der Waals surface area contributed by atoms with Crippen LogP contribution in [0.5, 0.6) is 5.88 Å². The normalized spacial score (nSPS) is 20.1. The molecule has 5 aliphatic rings. The van der Waals surface area contributed by atoms with Crippen molar-refractivity contribution in [2.75, 3.05) is 79.4 Å². The largest absolute Gasteiger partial charge is 0.474 e. The van der Waals surface area contributed by atoms with E-state index in [9.17, 15) is 14.4 Å². The third-order valence-corrected chi connectivity index (χ3v) is 11.7. The average molecular weight is 743 g/mol. The molecule has 14 nitrogen and oxygen atoms in total. The molecule has 1 unspecified atom stereocenters. The van der Waals surface area contributed by atoms with Crippen LogP contribution in [0, 0.1) is 6.92 Å². The summed E-state index contributed by atoms with van der Waals surface area (Å²) in [4.78, 5) is 60.5. The standard InChI is InChI=1S/C41H46N10O4/c1-26-35(22-43-40-38(26)42-12-18-55-40)50-13-11-29-21-44-41(46-34(29)25-50)45-30-4-2-3-27(19-30)20-37(53)49-16-14-48(15-17-49)32-23-51(24-32)31-7-5-28(6-8-31)33-9-10-36(52)47-39(33)54/h2-8,19,21-22,32-33,42H,9-18,20,23-25H2,1H3,(H,44,45,46)(H,47,52,54). The van der Waals surface area contributed by atoms with Crippen LogP contribution in [0.4, 0.5) is 28.7 Å². The molecule has 55 heavy (non-hydrogen) atoms. The van der Waals surface area contributed by atoms with Gasteiger partial charge in [-0.3, -0.25) is 24.6 Å². The fourth-order valence-corrected chi connectivity index (χ4v) is 8.44. The summed E-state index contributed by atoms with van der Waals surface area (Å²) in [5.74, 6) is 0.684. The minimum atomic E-state index is -0.263. The number of aromatic nitrogens is 3. The lowest BCUT2D eigenvalue weighted by molar-refractivity contribution is -0.134. The van der Waals surface area contributed by atoms with Gasteiger partial charge in [0.15, 0.2) is 0 Å². The maximum absolute atomic E-state index is 13.4. The van der Waals surface area contributed by atoms with Crippen molar-refractivity contribution in [2.45, 2.75) is 51.1 Å². The zero-order chi connectivity index (χ0) is 37.5. The third kappa shape index (κ3) is 7.25. The predicted octanol–water partition coefficient (Wildman–Crippen LogP) is 3.39. The van der Waals surface area contributed by atoms with Gasteiger partial charge in [-0.1, -0.05) is 24.3 Å². The zero-order valence-corrected chi connectivity index (χ0v) is 31.1. The monoisotopic (exact) mass is 742 g/mol. The van der Waals surface area contributed by atoms with Gasteiger partial charge in [-0.25, -0.2) is 15.0 Å². The van der Waals surface area contributed by atoms with Crippen LogP contribution in [0.2, 0.25) is 0 Å².